The summed E-state index contributed by atoms with van der Waals surface area (Å²) < 4.78 is 18.7. The van der Waals surface area contributed by atoms with Gasteiger partial charge in [-0.05, 0) is 80.9 Å². The number of hydrogen-bond acceptors (Lipinski definition) is 8. The quantitative estimate of drug-likeness (QED) is 0.145. The van der Waals surface area contributed by atoms with Crippen LogP contribution in [0.5, 0.6) is 0 Å². The molecule has 4 aliphatic heterocycles. The Hall–Kier alpha value is -1.13. The molecule has 5 aliphatic rings. The van der Waals surface area contributed by atoms with Gasteiger partial charge in [0.25, 0.3) is 0 Å². The van der Waals surface area contributed by atoms with E-state index in [1.165, 1.54) is 6.42 Å². The molecule has 0 amide bonds. The maximum atomic E-state index is 12.7. The maximum absolute atomic E-state index is 12.7. The number of halogens is 2. The first-order valence-corrected chi connectivity index (χ1v) is 16.4. The molecule has 6 rings (SSSR count). The van der Waals surface area contributed by atoms with Crippen LogP contribution in [0, 0.1) is 23.7 Å². The third-order valence-electron chi connectivity index (χ3n) is 9.94. The molecule has 5 fully saturated rings. The lowest BCUT2D eigenvalue weighted by molar-refractivity contribution is -0.571. The second-order valence-corrected chi connectivity index (χ2v) is 13.4. The van der Waals surface area contributed by atoms with Crippen LogP contribution >= 0.6 is 23.2 Å². The maximum Gasteiger partial charge on any atom is 0.323 e. The summed E-state index contributed by atoms with van der Waals surface area (Å²) in [5.74, 6) is 1.37. The normalized spacial score (nSPS) is 36.7. The molecule has 1 saturated carbocycles. The van der Waals surface area contributed by atoms with Gasteiger partial charge >= 0.3 is 5.97 Å². The summed E-state index contributed by atoms with van der Waals surface area (Å²) >= 11 is 11.8. The van der Waals surface area contributed by atoms with E-state index in [4.69, 9.17) is 52.9 Å². The zero-order chi connectivity index (χ0) is 29.2. The molecule has 9 atom stereocenters. The second-order valence-electron chi connectivity index (χ2n) is 12.6. The first-order chi connectivity index (χ1) is 19.7. The Morgan fingerprint density at radius 2 is 1.83 bits per heavy atom. The molecule has 2 bridgehead atoms. The van der Waals surface area contributed by atoms with Crippen LogP contribution < -0.4 is 10.6 Å². The summed E-state index contributed by atoms with van der Waals surface area (Å²) in [6, 6.07) is 7.28. The monoisotopic (exact) mass is 612 g/mol. The van der Waals surface area contributed by atoms with Gasteiger partial charge in [-0.3, -0.25) is 4.79 Å². The Kier molecular flexibility index (Phi) is 10.1. The molecule has 1 spiro atoms. The van der Waals surface area contributed by atoms with Crippen LogP contribution in [0.25, 0.3) is 0 Å². The molecule has 8 nitrogen and oxygen atoms in total. The first-order valence-electron chi connectivity index (χ1n) is 15.3. The minimum atomic E-state index is -0.775. The molecule has 41 heavy (non-hydrogen) atoms. The Balaban J connectivity index is 1.11. The number of benzene rings is 1. The number of esters is 1. The van der Waals surface area contributed by atoms with Crippen molar-refractivity contribution in [2.24, 2.45) is 29.4 Å². The second kappa shape index (κ2) is 13.2. The van der Waals surface area contributed by atoms with E-state index < -0.39 is 23.7 Å². The topological polar surface area (TPSA) is 92.5 Å². The molecule has 2 N–H and O–H groups in total. The van der Waals surface area contributed by atoms with E-state index in [-0.39, 0.29) is 18.0 Å². The molecule has 10 heteroatoms. The van der Waals surface area contributed by atoms with E-state index in [1.54, 1.807) is 0 Å². The lowest BCUT2D eigenvalue weighted by Gasteiger charge is -2.60. The summed E-state index contributed by atoms with van der Waals surface area (Å²) in [5, 5.41) is 0. The fraction of sp³-hybridized carbons (Fsp3) is 0.774. The van der Waals surface area contributed by atoms with Crippen LogP contribution in [0.4, 0.5) is 5.69 Å². The van der Waals surface area contributed by atoms with Crippen LogP contribution in [0.2, 0.25) is 0 Å². The lowest BCUT2D eigenvalue weighted by Crippen LogP contribution is -2.70. The van der Waals surface area contributed by atoms with Gasteiger partial charge in [0.15, 0.2) is 11.9 Å². The molecule has 4 saturated heterocycles. The lowest BCUT2D eigenvalue weighted by atomic mass is 9.57. The number of nitrogens with two attached hydrogens (primary N) is 1. The van der Waals surface area contributed by atoms with Crippen molar-refractivity contribution < 1.29 is 28.8 Å². The van der Waals surface area contributed by atoms with Crippen LogP contribution in [0.15, 0.2) is 24.3 Å². The van der Waals surface area contributed by atoms with E-state index in [0.29, 0.717) is 49.0 Å². The summed E-state index contributed by atoms with van der Waals surface area (Å²) in [7, 11) is 0. The van der Waals surface area contributed by atoms with Gasteiger partial charge in [-0.1, -0.05) is 26.0 Å². The summed E-state index contributed by atoms with van der Waals surface area (Å²) in [4.78, 5) is 26.9. The molecule has 230 valence electrons. The third-order valence-corrected chi connectivity index (χ3v) is 10.3. The van der Waals surface area contributed by atoms with E-state index in [9.17, 15) is 4.79 Å². The van der Waals surface area contributed by atoms with Crippen molar-refractivity contribution in [1.82, 2.24) is 0 Å². The molecule has 3 unspecified atom stereocenters. The SMILES string of the molecule is C[C@H]1[C@@H](CCCOC(=O)[C@H](N)Cc2ccc(N(CCCl)CCCl)cc2)O[C@@H]2OC3(C)CCC4[C@H](C)CC[C@@H]1C42OO3. The van der Waals surface area contributed by atoms with Crippen molar-refractivity contribution in [3.05, 3.63) is 29.8 Å². The number of fused-ring (bicyclic) bond motifs is 2. The van der Waals surface area contributed by atoms with Crippen molar-refractivity contribution in [2.75, 3.05) is 36.4 Å². The van der Waals surface area contributed by atoms with E-state index in [2.05, 4.69) is 18.7 Å². The number of rotatable bonds is 12. The molecule has 1 aromatic rings. The summed E-state index contributed by atoms with van der Waals surface area (Å²) in [6.45, 7) is 8.28. The summed E-state index contributed by atoms with van der Waals surface area (Å²) in [6.07, 6.45) is 5.51. The van der Waals surface area contributed by atoms with E-state index >= 15 is 0 Å². The number of carbonyl (C=O) groups excluding carboxylic acids is 1. The molecule has 4 heterocycles. The average Bonchev–Trinajstić information content (AvgIpc) is 3.19. The number of ether oxygens (including phenoxy) is 3. The van der Waals surface area contributed by atoms with Gasteiger partial charge in [-0.25, -0.2) is 9.78 Å². The first kappa shape index (κ1) is 31.3. The predicted octanol–water partition coefficient (Wildman–Crippen LogP) is 5.41. The van der Waals surface area contributed by atoms with Crippen LogP contribution in [-0.4, -0.2) is 67.2 Å². The Bertz CT molecular complexity index is 1030. The van der Waals surface area contributed by atoms with Crippen molar-refractivity contribution in [3.63, 3.8) is 0 Å². The minimum Gasteiger partial charge on any atom is -0.465 e. The van der Waals surface area contributed by atoms with Gasteiger partial charge in [0.2, 0.25) is 5.79 Å². The largest absolute Gasteiger partial charge is 0.465 e. The van der Waals surface area contributed by atoms with Crippen molar-refractivity contribution in [2.45, 2.75) is 95.5 Å². The fourth-order valence-corrected chi connectivity index (χ4v) is 8.04. The zero-order valence-corrected chi connectivity index (χ0v) is 26.1. The van der Waals surface area contributed by atoms with Gasteiger partial charge in [0, 0.05) is 42.9 Å². The number of nitrogens with zero attached hydrogens (tertiary/aromatic N) is 1. The smallest absolute Gasteiger partial charge is 0.323 e. The van der Waals surface area contributed by atoms with Gasteiger partial charge < -0.3 is 24.8 Å². The number of carbonyl (C=O) groups is 1. The molecule has 0 aromatic heterocycles. The number of hydrogen-bond donors (Lipinski definition) is 1. The Morgan fingerprint density at radius 1 is 1.10 bits per heavy atom. The molecule has 1 aliphatic carbocycles. The van der Waals surface area contributed by atoms with Gasteiger partial charge in [0.1, 0.15) is 6.04 Å². The highest BCUT2D eigenvalue weighted by Crippen LogP contribution is 2.60. The average molecular weight is 614 g/mol. The Labute approximate surface area is 254 Å². The minimum absolute atomic E-state index is 0.000657. The fourth-order valence-electron chi connectivity index (χ4n) is 7.63. The van der Waals surface area contributed by atoms with E-state index in [0.717, 1.165) is 50.0 Å². The van der Waals surface area contributed by atoms with Crippen LogP contribution in [0.3, 0.4) is 0 Å². The molecule has 0 radical (unpaired) electrons. The third kappa shape index (κ3) is 6.40. The van der Waals surface area contributed by atoms with Gasteiger partial charge in [-0.2, -0.15) is 0 Å². The van der Waals surface area contributed by atoms with Gasteiger partial charge in [-0.15, -0.1) is 23.2 Å². The Morgan fingerprint density at radius 3 is 2.54 bits per heavy atom. The van der Waals surface area contributed by atoms with Crippen molar-refractivity contribution >= 4 is 34.9 Å². The van der Waals surface area contributed by atoms with E-state index in [1.807, 2.05) is 31.2 Å². The number of anilines is 1. The molecule has 1 aromatic carbocycles. The highest BCUT2D eigenvalue weighted by atomic mass is 35.5. The van der Waals surface area contributed by atoms with Crippen molar-refractivity contribution in [3.8, 4) is 0 Å². The zero-order valence-electron chi connectivity index (χ0n) is 24.6. The molecular formula is C31H46Cl2N2O6. The highest BCUT2D eigenvalue weighted by Gasteiger charge is 2.69. The van der Waals surface area contributed by atoms with Crippen molar-refractivity contribution in [1.29, 1.82) is 0 Å². The van der Waals surface area contributed by atoms with Gasteiger partial charge in [0.05, 0.1) is 12.7 Å². The molecular weight excluding hydrogens is 567 g/mol. The van der Waals surface area contributed by atoms with Crippen LogP contribution in [0.1, 0.15) is 64.9 Å². The summed E-state index contributed by atoms with van der Waals surface area (Å²) in [5.41, 5.74) is 7.68. The predicted molar refractivity (Wildman–Crippen MR) is 159 cm³/mol. The standard InChI is InChI=1S/C31H46Cl2N2O6/c1-20-6-11-25-21(2)27(38-29-31(25)24(20)12-13-30(3,39-29)40-41-31)5-4-18-37-28(36)26(34)19-22-7-9-23(10-8-22)35(16-14-32)17-15-33/h7-10,20-21,24-27,29H,4-6,11-19,34H2,1-3H3/t20-,21-,24?,25+,26-,27-,29-,30?,31?/m1/s1. The number of alkyl halides is 2. The highest BCUT2D eigenvalue weighted by molar-refractivity contribution is 6.18. The van der Waals surface area contributed by atoms with Crippen LogP contribution in [-0.2, 0) is 35.2 Å².